The van der Waals surface area contributed by atoms with Gasteiger partial charge in [-0.25, -0.2) is 4.79 Å². The van der Waals surface area contributed by atoms with Gasteiger partial charge in [0.05, 0.1) is 25.4 Å². The van der Waals surface area contributed by atoms with Crippen molar-refractivity contribution in [2.45, 2.75) is 48.8 Å². The van der Waals surface area contributed by atoms with Gasteiger partial charge in [-0.2, -0.15) is 0 Å². The van der Waals surface area contributed by atoms with E-state index in [1.54, 1.807) is 24.8 Å². The number of carbonyl (C=O) groups excluding carboxylic acids is 1. The number of hydrogen-bond acceptors (Lipinski definition) is 7. The highest BCUT2D eigenvalue weighted by molar-refractivity contribution is 7.99. The molecule has 1 spiro atoms. The zero-order chi connectivity index (χ0) is 20.1. The molecule has 1 fully saturated rings. The van der Waals surface area contributed by atoms with Gasteiger partial charge in [-0.1, -0.05) is 23.7 Å². The van der Waals surface area contributed by atoms with Gasteiger partial charge < -0.3 is 24.4 Å². The Morgan fingerprint density at radius 2 is 2.04 bits per heavy atom. The maximum Gasteiger partial charge on any atom is 0.335 e. The van der Waals surface area contributed by atoms with Gasteiger partial charge in [-0.3, -0.25) is 0 Å². The predicted octanol–water partition coefficient (Wildman–Crippen LogP) is 2.69. The van der Waals surface area contributed by atoms with Crippen LogP contribution in [0, 0.1) is 0 Å². The van der Waals surface area contributed by atoms with Crippen molar-refractivity contribution in [1.29, 1.82) is 0 Å². The van der Waals surface area contributed by atoms with Gasteiger partial charge >= 0.3 is 5.97 Å². The smallest absolute Gasteiger partial charge is 0.335 e. The van der Waals surface area contributed by atoms with Crippen LogP contribution in [0.15, 0.2) is 35.9 Å². The zero-order valence-corrected chi connectivity index (χ0v) is 17.2. The third kappa shape index (κ3) is 4.90. The number of ether oxygens (including phenoxy) is 3. The molecule has 3 rings (SSSR count). The summed E-state index contributed by atoms with van der Waals surface area (Å²) < 4.78 is 17.0. The summed E-state index contributed by atoms with van der Waals surface area (Å²) in [5, 5.41) is 19.6. The highest BCUT2D eigenvalue weighted by Gasteiger charge is 2.49. The van der Waals surface area contributed by atoms with Crippen molar-refractivity contribution in [3.05, 3.63) is 46.5 Å². The number of aliphatic hydroxyl groups excluding tert-OH is 2. The summed E-state index contributed by atoms with van der Waals surface area (Å²) in [7, 11) is 0. The summed E-state index contributed by atoms with van der Waals surface area (Å²) in [4.78, 5) is 12.6. The minimum atomic E-state index is -1.12. The molecule has 8 heteroatoms. The largest absolute Gasteiger partial charge is 0.463 e. The molecule has 1 aromatic carbocycles. The van der Waals surface area contributed by atoms with Crippen LogP contribution in [0.3, 0.4) is 0 Å². The van der Waals surface area contributed by atoms with Crippen LogP contribution in [0.25, 0.3) is 0 Å². The van der Waals surface area contributed by atoms with Crippen molar-refractivity contribution in [2.24, 2.45) is 0 Å². The van der Waals surface area contributed by atoms with Crippen molar-refractivity contribution in [3.8, 4) is 0 Å². The normalized spacial score (nSPS) is 26.3. The lowest BCUT2D eigenvalue weighted by Crippen LogP contribution is -2.37. The molecule has 0 aromatic heterocycles. The van der Waals surface area contributed by atoms with Crippen molar-refractivity contribution in [3.63, 3.8) is 0 Å². The van der Waals surface area contributed by atoms with Gasteiger partial charge in [0.1, 0.15) is 12.2 Å². The summed E-state index contributed by atoms with van der Waals surface area (Å²) >= 11 is 7.69. The maximum atomic E-state index is 12.6. The van der Waals surface area contributed by atoms with Crippen LogP contribution in [0.1, 0.15) is 25.3 Å². The summed E-state index contributed by atoms with van der Waals surface area (Å²) in [5.41, 5.74) is 1.57. The van der Waals surface area contributed by atoms with E-state index < -0.39 is 24.0 Å². The Morgan fingerprint density at radius 3 is 2.64 bits per heavy atom. The molecule has 1 aromatic rings. The molecule has 1 heterocycles. The van der Waals surface area contributed by atoms with Gasteiger partial charge in [0, 0.05) is 22.4 Å². The Labute approximate surface area is 173 Å². The number of carbonyl (C=O) groups is 1. The maximum absolute atomic E-state index is 12.6. The minimum absolute atomic E-state index is 0.0726. The first-order valence-electron chi connectivity index (χ1n) is 9.33. The number of esters is 1. The summed E-state index contributed by atoms with van der Waals surface area (Å²) in [6, 6.07) is 7.64. The second-order valence-electron chi connectivity index (χ2n) is 6.78. The quantitative estimate of drug-likeness (QED) is 0.646. The molecular formula is C20H25ClO6S. The molecule has 0 saturated carbocycles. The van der Waals surface area contributed by atoms with E-state index in [1.807, 2.05) is 24.3 Å². The SMILES string of the molecule is CCOC(=O)C1=CC2(CC[C@H]1SCc1cccc(Cl)c1)O[C@H](CO)[C@@H](CO)O2. The fourth-order valence-corrected chi connectivity index (χ4v) is 4.89. The number of benzene rings is 1. The fourth-order valence-electron chi connectivity index (χ4n) is 3.48. The molecule has 0 unspecified atom stereocenters. The standard InChI is InChI=1S/C20H25ClO6S/c1-2-25-19(24)15-9-20(26-16(10-22)17(11-23)27-20)7-6-18(15)28-12-13-4-3-5-14(21)8-13/h3-5,8-9,16-18,22-23H,2,6-7,10-12H2,1H3/t16-,17-,18-/m1/s1. The predicted molar refractivity (Wildman–Crippen MR) is 107 cm³/mol. The molecule has 1 aliphatic heterocycles. The van der Waals surface area contributed by atoms with E-state index in [1.165, 1.54) is 0 Å². The summed E-state index contributed by atoms with van der Waals surface area (Å²) in [6.45, 7) is 1.51. The van der Waals surface area contributed by atoms with Gasteiger partial charge in [0.25, 0.3) is 0 Å². The lowest BCUT2D eigenvalue weighted by Gasteiger charge is -2.33. The number of rotatable bonds is 7. The topological polar surface area (TPSA) is 85.2 Å². The average Bonchev–Trinajstić information content (AvgIpc) is 3.04. The summed E-state index contributed by atoms with van der Waals surface area (Å²) in [5.74, 6) is -0.809. The molecule has 3 atom stereocenters. The fraction of sp³-hybridized carbons (Fsp3) is 0.550. The van der Waals surface area contributed by atoms with Crippen LogP contribution in [0.5, 0.6) is 0 Å². The van der Waals surface area contributed by atoms with Crippen LogP contribution >= 0.6 is 23.4 Å². The Bertz CT molecular complexity index is 712. The van der Waals surface area contributed by atoms with Crippen LogP contribution in [-0.4, -0.2) is 59.2 Å². The monoisotopic (exact) mass is 428 g/mol. The minimum Gasteiger partial charge on any atom is -0.463 e. The second-order valence-corrected chi connectivity index (χ2v) is 8.41. The van der Waals surface area contributed by atoms with Gasteiger partial charge in [-0.15, -0.1) is 11.8 Å². The molecule has 2 aliphatic rings. The molecule has 0 radical (unpaired) electrons. The molecule has 1 saturated heterocycles. The Morgan fingerprint density at radius 1 is 1.32 bits per heavy atom. The van der Waals surface area contributed by atoms with Gasteiger partial charge in [0.2, 0.25) is 0 Å². The molecule has 1 aliphatic carbocycles. The van der Waals surface area contributed by atoms with Crippen LogP contribution in [0.4, 0.5) is 0 Å². The van der Waals surface area contributed by atoms with Crippen LogP contribution in [-0.2, 0) is 24.8 Å². The van der Waals surface area contributed by atoms with E-state index in [4.69, 9.17) is 25.8 Å². The first kappa shape index (κ1) is 21.6. The third-order valence-corrected chi connectivity index (χ3v) is 6.43. The van der Waals surface area contributed by atoms with E-state index in [0.29, 0.717) is 29.2 Å². The Kier molecular flexibility index (Phi) is 7.42. The Balaban J connectivity index is 1.79. The third-order valence-electron chi connectivity index (χ3n) is 4.80. The van der Waals surface area contributed by atoms with Gasteiger partial charge in [-0.05, 0) is 37.1 Å². The van der Waals surface area contributed by atoms with E-state index in [-0.39, 0.29) is 25.1 Å². The van der Waals surface area contributed by atoms with Gasteiger partial charge in [0.15, 0.2) is 5.79 Å². The first-order chi connectivity index (χ1) is 13.5. The van der Waals surface area contributed by atoms with Crippen molar-refractivity contribution >= 4 is 29.3 Å². The van der Waals surface area contributed by atoms with Crippen molar-refractivity contribution in [2.75, 3.05) is 19.8 Å². The lowest BCUT2D eigenvalue weighted by atomic mass is 9.94. The first-order valence-corrected chi connectivity index (χ1v) is 10.8. The molecule has 0 amide bonds. The average molecular weight is 429 g/mol. The van der Waals surface area contributed by atoms with Crippen LogP contribution in [0.2, 0.25) is 5.02 Å². The van der Waals surface area contributed by atoms with E-state index in [2.05, 4.69) is 0 Å². The number of thioether (sulfide) groups is 1. The molecule has 28 heavy (non-hydrogen) atoms. The summed E-state index contributed by atoms with van der Waals surface area (Å²) in [6.07, 6.45) is 1.59. The van der Waals surface area contributed by atoms with E-state index >= 15 is 0 Å². The molecule has 154 valence electrons. The van der Waals surface area contributed by atoms with Crippen molar-refractivity contribution < 1.29 is 29.2 Å². The molecular weight excluding hydrogens is 404 g/mol. The highest BCUT2D eigenvalue weighted by atomic mass is 35.5. The Hall–Kier alpha value is -1.09. The number of hydrogen-bond donors (Lipinski definition) is 2. The zero-order valence-electron chi connectivity index (χ0n) is 15.7. The lowest BCUT2D eigenvalue weighted by molar-refractivity contribution is -0.154. The van der Waals surface area contributed by atoms with E-state index in [9.17, 15) is 15.0 Å². The van der Waals surface area contributed by atoms with Crippen LogP contribution < -0.4 is 0 Å². The van der Waals surface area contributed by atoms with Crippen molar-refractivity contribution in [1.82, 2.24) is 0 Å². The molecule has 6 nitrogen and oxygen atoms in total. The van der Waals surface area contributed by atoms with E-state index in [0.717, 1.165) is 5.56 Å². The highest BCUT2D eigenvalue weighted by Crippen LogP contribution is 2.43. The second kappa shape index (κ2) is 9.61. The molecule has 0 bridgehead atoms. The number of halogens is 1. The molecule has 2 N–H and O–H groups in total. The number of aliphatic hydroxyl groups is 2.